The topological polar surface area (TPSA) is 68.0 Å². The summed E-state index contributed by atoms with van der Waals surface area (Å²) in [4.78, 5) is 15.1. The van der Waals surface area contributed by atoms with Gasteiger partial charge in [-0.15, -0.1) is 0 Å². The van der Waals surface area contributed by atoms with Crippen LogP contribution in [0.15, 0.2) is 0 Å². The molecule has 0 bridgehead atoms. The molecule has 0 aromatic carbocycles. The molecule has 0 aliphatic heterocycles. The van der Waals surface area contributed by atoms with Gasteiger partial charge in [-0.05, 0) is 0 Å². The number of amides is 1. The summed E-state index contributed by atoms with van der Waals surface area (Å²) in [5.74, 6) is -0.126. The Kier molecular flexibility index (Phi) is 2.80. The van der Waals surface area contributed by atoms with Crippen molar-refractivity contribution in [1.82, 2.24) is 4.98 Å². The average Bonchev–Trinajstić information content (AvgIpc) is 2.27. The molecule has 0 aliphatic carbocycles. The van der Waals surface area contributed by atoms with Gasteiger partial charge < -0.3 is 11.1 Å². The van der Waals surface area contributed by atoms with Crippen LogP contribution in [0.4, 0.5) is 10.1 Å². The van der Waals surface area contributed by atoms with Crippen LogP contribution in [0.25, 0.3) is 0 Å². The third-order valence-electron chi connectivity index (χ3n) is 1.65. The number of aromatic nitrogens is 1. The van der Waals surface area contributed by atoms with Gasteiger partial charge in [-0.3, -0.25) is 4.79 Å². The minimum absolute atomic E-state index is 0.0860. The van der Waals surface area contributed by atoms with E-state index in [-0.39, 0.29) is 11.3 Å². The fraction of sp³-hybridized carbons (Fsp3) is 0.556. The summed E-state index contributed by atoms with van der Waals surface area (Å²) >= 11 is 1.30. The summed E-state index contributed by atoms with van der Waals surface area (Å²) in [7, 11) is 0. The van der Waals surface area contributed by atoms with Crippen molar-refractivity contribution in [1.29, 1.82) is 0 Å². The van der Waals surface area contributed by atoms with Crippen molar-refractivity contribution in [3.8, 4) is 0 Å². The van der Waals surface area contributed by atoms with Crippen molar-refractivity contribution in [2.24, 2.45) is 0 Å². The van der Waals surface area contributed by atoms with E-state index in [1.54, 1.807) is 0 Å². The van der Waals surface area contributed by atoms with Gasteiger partial charge in [0.25, 0.3) is 0 Å². The van der Waals surface area contributed by atoms with Gasteiger partial charge in [-0.2, -0.15) is 0 Å². The molecule has 1 rings (SSSR count). The lowest BCUT2D eigenvalue weighted by Crippen LogP contribution is -2.14. The summed E-state index contributed by atoms with van der Waals surface area (Å²) in [5.41, 5.74) is 6.56. The molecule has 0 spiro atoms. The molecule has 1 aromatic heterocycles. The molecule has 0 radical (unpaired) electrons. The van der Waals surface area contributed by atoms with E-state index in [0.29, 0.717) is 10.1 Å². The molecule has 5 heteroatoms. The molecule has 0 fully saturated rings. The van der Waals surface area contributed by atoms with Crippen molar-refractivity contribution in [2.75, 3.05) is 11.1 Å². The second-order valence-electron chi connectivity index (χ2n) is 4.16. The maximum atomic E-state index is 10.8. The van der Waals surface area contributed by atoms with Crippen LogP contribution < -0.4 is 11.1 Å². The van der Waals surface area contributed by atoms with Crippen LogP contribution in [-0.2, 0) is 10.2 Å². The van der Waals surface area contributed by atoms with Crippen molar-refractivity contribution in [3.05, 3.63) is 5.69 Å². The number of nitrogens with one attached hydrogen (secondary N) is 1. The van der Waals surface area contributed by atoms with E-state index in [0.717, 1.165) is 5.69 Å². The van der Waals surface area contributed by atoms with Gasteiger partial charge in [0.15, 0.2) is 5.13 Å². The number of hydrogen-bond donors (Lipinski definition) is 2. The Morgan fingerprint density at radius 2 is 2.07 bits per heavy atom. The molecule has 0 aliphatic rings. The molecule has 14 heavy (non-hydrogen) atoms. The van der Waals surface area contributed by atoms with Crippen molar-refractivity contribution in [2.45, 2.75) is 33.1 Å². The highest BCUT2D eigenvalue weighted by atomic mass is 32.1. The molecule has 0 saturated carbocycles. The summed E-state index contributed by atoms with van der Waals surface area (Å²) < 4.78 is 0. The molecule has 0 atom stereocenters. The number of carbonyl (C=O) groups is 1. The molecule has 4 nitrogen and oxygen atoms in total. The van der Waals surface area contributed by atoms with E-state index in [1.165, 1.54) is 18.3 Å². The van der Waals surface area contributed by atoms with Gasteiger partial charge in [0.1, 0.15) is 5.00 Å². The molecule has 1 amide bonds. The predicted molar refractivity (Wildman–Crippen MR) is 59.5 cm³/mol. The Labute approximate surface area is 87.5 Å². The standard InChI is InChI=1S/C9H15N3OS/c1-5(13)11-8-12-6(7(10)14-8)9(2,3)4/h10H2,1-4H3,(H,11,12,13). The summed E-state index contributed by atoms with van der Waals surface area (Å²) in [6.07, 6.45) is 0. The molecule has 0 unspecified atom stereocenters. The van der Waals surface area contributed by atoms with Gasteiger partial charge in [-0.25, -0.2) is 4.98 Å². The number of rotatable bonds is 1. The molecular weight excluding hydrogens is 198 g/mol. The zero-order valence-corrected chi connectivity index (χ0v) is 9.66. The van der Waals surface area contributed by atoms with Crippen LogP contribution in [0.5, 0.6) is 0 Å². The third-order valence-corrected chi connectivity index (χ3v) is 2.45. The van der Waals surface area contributed by atoms with E-state index in [1.807, 2.05) is 20.8 Å². The zero-order chi connectivity index (χ0) is 10.9. The van der Waals surface area contributed by atoms with Crippen LogP contribution in [-0.4, -0.2) is 10.9 Å². The Morgan fingerprint density at radius 1 is 1.50 bits per heavy atom. The molecule has 1 heterocycles. The number of anilines is 2. The fourth-order valence-electron chi connectivity index (χ4n) is 1.07. The minimum Gasteiger partial charge on any atom is -0.389 e. The first-order valence-corrected chi connectivity index (χ1v) is 5.16. The van der Waals surface area contributed by atoms with Crippen LogP contribution in [0, 0.1) is 0 Å². The van der Waals surface area contributed by atoms with Crippen LogP contribution in [0.2, 0.25) is 0 Å². The number of nitrogens with zero attached hydrogens (tertiary/aromatic N) is 1. The maximum Gasteiger partial charge on any atom is 0.223 e. The van der Waals surface area contributed by atoms with Gasteiger partial charge in [-0.1, -0.05) is 32.1 Å². The molecule has 0 saturated heterocycles. The quantitative estimate of drug-likeness (QED) is 0.749. The monoisotopic (exact) mass is 213 g/mol. The van der Waals surface area contributed by atoms with Gasteiger partial charge in [0.2, 0.25) is 5.91 Å². The first kappa shape index (κ1) is 11.0. The van der Waals surface area contributed by atoms with Gasteiger partial charge in [0.05, 0.1) is 5.69 Å². The summed E-state index contributed by atoms with van der Waals surface area (Å²) in [6, 6.07) is 0. The van der Waals surface area contributed by atoms with E-state index in [9.17, 15) is 4.79 Å². The number of nitrogens with two attached hydrogens (primary N) is 1. The molecule has 3 N–H and O–H groups in total. The highest BCUT2D eigenvalue weighted by Crippen LogP contribution is 2.33. The normalized spacial score (nSPS) is 11.4. The first-order chi connectivity index (χ1) is 6.30. The van der Waals surface area contributed by atoms with Gasteiger partial charge >= 0.3 is 0 Å². The van der Waals surface area contributed by atoms with Crippen molar-refractivity contribution >= 4 is 27.4 Å². The number of carbonyl (C=O) groups excluding carboxylic acids is 1. The average molecular weight is 213 g/mol. The Hall–Kier alpha value is -1.10. The minimum atomic E-state index is -0.126. The van der Waals surface area contributed by atoms with Crippen LogP contribution in [0.1, 0.15) is 33.4 Å². The van der Waals surface area contributed by atoms with Crippen molar-refractivity contribution in [3.63, 3.8) is 0 Å². The van der Waals surface area contributed by atoms with E-state index in [4.69, 9.17) is 5.73 Å². The molecule has 1 aromatic rings. The lowest BCUT2D eigenvalue weighted by molar-refractivity contribution is -0.114. The lowest BCUT2D eigenvalue weighted by atomic mass is 9.93. The highest BCUT2D eigenvalue weighted by molar-refractivity contribution is 7.19. The van der Waals surface area contributed by atoms with E-state index < -0.39 is 0 Å². The smallest absolute Gasteiger partial charge is 0.223 e. The lowest BCUT2D eigenvalue weighted by Gasteiger charge is -2.15. The van der Waals surface area contributed by atoms with Crippen LogP contribution in [0.3, 0.4) is 0 Å². The third kappa shape index (κ3) is 2.45. The Balaban J connectivity index is 2.99. The number of hydrogen-bond acceptors (Lipinski definition) is 4. The number of thiazole rings is 1. The fourth-order valence-corrected chi connectivity index (χ4v) is 2.06. The molecular formula is C9H15N3OS. The van der Waals surface area contributed by atoms with Gasteiger partial charge in [0, 0.05) is 12.3 Å². The Morgan fingerprint density at radius 3 is 2.43 bits per heavy atom. The van der Waals surface area contributed by atoms with E-state index >= 15 is 0 Å². The van der Waals surface area contributed by atoms with Crippen LogP contribution >= 0.6 is 11.3 Å². The maximum absolute atomic E-state index is 10.8. The second kappa shape index (κ2) is 3.57. The largest absolute Gasteiger partial charge is 0.389 e. The highest BCUT2D eigenvalue weighted by Gasteiger charge is 2.21. The number of nitrogen functional groups attached to an aromatic ring is 1. The second-order valence-corrected chi connectivity index (χ2v) is 5.19. The first-order valence-electron chi connectivity index (χ1n) is 4.35. The van der Waals surface area contributed by atoms with E-state index in [2.05, 4.69) is 10.3 Å². The Bertz CT molecular complexity index is 351. The van der Waals surface area contributed by atoms with Crippen molar-refractivity contribution < 1.29 is 4.79 Å². The summed E-state index contributed by atoms with van der Waals surface area (Å²) in [6.45, 7) is 7.57. The predicted octanol–water partition coefficient (Wildman–Crippen LogP) is 1.98. The molecule has 78 valence electrons. The zero-order valence-electron chi connectivity index (χ0n) is 8.84. The summed E-state index contributed by atoms with van der Waals surface area (Å²) in [5, 5.41) is 3.86. The SMILES string of the molecule is CC(=O)Nc1nc(C(C)(C)C)c(N)s1.